The third-order valence-electron chi connectivity index (χ3n) is 5.63. The average molecular weight is 502 g/mol. The van der Waals surface area contributed by atoms with Crippen molar-refractivity contribution in [1.29, 1.82) is 10.5 Å². The third kappa shape index (κ3) is 4.11. The first-order valence-electron chi connectivity index (χ1n) is 10.1. The smallest absolute Gasteiger partial charge is 0.289 e. The molecule has 0 saturated carbocycles. The number of hydrogen-bond donors (Lipinski definition) is 1. The van der Waals surface area contributed by atoms with Crippen LogP contribution in [0.2, 0.25) is 0 Å². The molecule has 4 rings (SSSR count). The van der Waals surface area contributed by atoms with E-state index in [1.807, 2.05) is 38.1 Å². The van der Waals surface area contributed by atoms with Crippen molar-refractivity contribution in [2.75, 3.05) is 5.73 Å². The normalized spacial score (nSPS) is 13.6. The van der Waals surface area contributed by atoms with Gasteiger partial charge in [0.15, 0.2) is 5.69 Å². The first kappa shape index (κ1) is 22.3. The van der Waals surface area contributed by atoms with Crippen molar-refractivity contribution in [1.82, 2.24) is 0 Å². The molecule has 5 nitrogen and oxygen atoms in total. The Hall–Kier alpha value is -3.94. The van der Waals surface area contributed by atoms with Gasteiger partial charge >= 0.3 is 0 Å². The maximum absolute atomic E-state index is 13.1. The van der Waals surface area contributed by atoms with Crippen LogP contribution in [0.5, 0.6) is 5.75 Å². The molecule has 162 valence electrons. The molecule has 0 atom stereocenters. The molecule has 1 heterocycles. The number of nitrogens with two attached hydrogens (primary N) is 1. The number of nitrogen functional groups attached to an aromatic ring is 1. The molecular weight excluding hydrogens is 483 g/mol. The van der Waals surface area contributed by atoms with E-state index in [1.54, 1.807) is 12.1 Å². The zero-order chi connectivity index (χ0) is 23.7. The summed E-state index contributed by atoms with van der Waals surface area (Å²) in [6, 6.07) is 16.2. The lowest BCUT2D eigenvalue weighted by Gasteiger charge is -2.11. The monoisotopic (exact) mass is 501 g/mol. The fraction of sp³-hybridized carbons (Fsp3) is 0.115. The minimum atomic E-state index is -0.285. The number of pyridine rings is 1. The number of nitrogens with zero attached hydrogens (tertiary/aromatic N) is 2. The highest BCUT2D eigenvalue weighted by Crippen LogP contribution is 2.43. The second-order valence-corrected chi connectivity index (χ2v) is 8.53. The maximum atomic E-state index is 13.1. The molecule has 0 unspecified atom stereocenters. The Kier molecular flexibility index (Phi) is 6.00. The van der Waals surface area contributed by atoms with E-state index in [0.717, 1.165) is 37.9 Å². The van der Waals surface area contributed by atoms with Gasteiger partial charge in [-0.25, -0.2) is 9.37 Å². The summed E-state index contributed by atoms with van der Waals surface area (Å²) in [5.74, 6) is 0.621. The summed E-state index contributed by atoms with van der Waals surface area (Å²) in [6.07, 6.45) is 1.98. The highest BCUT2D eigenvalue weighted by molar-refractivity contribution is 9.10. The molecule has 0 fully saturated rings. The largest absolute Gasteiger partial charge is 0.488 e. The van der Waals surface area contributed by atoms with E-state index in [1.165, 1.54) is 12.1 Å². The van der Waals surface area contributed by atoms with Crippen LogP contribution in [0.1, 0.15) is 40.4 Å². The molecule has 0 radical (unpaired) electrons. The number of fused-ring (bicyclic) bond motifs is 1. The lowest BCUT2D eigenvalue weighted by atomic mass is 9.95. The Labute approximate surface area is 199 Å². The molecule has 0 aliphatic heterocycles. The van der Waals surface area contributed by atoms with E-state index < -0.39 is 0 Å². The number of benzene rings is 2. The van der Waals surface area contributed by atoms with Gasteiger partial charge in [-0.3, -0.25) is 5.73 Å². The minimum Gasteiger partial charge on any atom is -0.488 e. The highest BCUT2D eigenvalue weighted by Gasteiger charge is 2.32. The molecule has 3 aromatic rings. The van der Waals surface area contributed by atoms with Crippen molar-refractivity contribution in [3.05, 3.63) is 91.8 Å². The lowest BCUT2D eigenvalue weighted by Crippen LogP contribution is -2.20. The highest BCUT2D eigenvalue weighted by atomic mass is 79.9. The van der Waals surface area contributed by atoms with Gasteiger partial charge in [0.2, 0.25) is 0 Å². The molecule has 0 spiro atoms. The maximum Gasteiger partial charge on any atom is 0.289 e. The number of rotatable bonds is 4. The fourth-order valence-electron chi connectivity index (χ4n) is 3.90. The fourth-order valence-corrected chi connectivity index (χ4v) is 4.42. The van der Waals surface area contributed by atoms with Crippen molar-refractivity contribution >= 4 is 39.0 Å². The van der Waals surface area contributed by atoms with Crippen LogP contribution in [0.3, 0.4) is 0 Å². The van der Waals surface area contributed by atoms with Gasteiger partial charge < -0.3 is 4.74 Å². The lowest BCUT2D eigenvalue weighted by molar-refractivity contribution is -0.364. The standard InChI is InChI=1S/C26H18BrFN4O/c1-14-19(24-15(2)21(12-30)26(31)32-25(24)20(14)11-29)9-17-5-8-23(22(27)10-17)33-13-16-3-6-18(28)7-4-16/h3-10H,13H2,1-2H3,(H2,31,32)/p+1. The van der Waals surface area contributed by atoms with Crippen LogP contribution >= 0.6 is 15.9 Å². The van der Waals surface area contributed by atoms with E-state index in [4.69, 9.17) is 10.5 Å². The predicted molar refractivity (Wildman–Crippen MR) is 128 cm³/mol. The average Bonchev–Trinajstić information content (AvgIpc) is 3.05. The second-order valence-electron chi connectivity index (χ2n) is 7.68. The Bertz CT molecular complexity index is 1430. The molecule has 1 aromatic heterocycles. The van der Waals surface area contributed by atoms with Gasteiger partial charge in [0.05, 0.1) is 4.47 Å². The van der Waals surface area contributed by atoms with E-state index in [0.29, 0.717) is 29.2 Å². The minimum absolute atomic E-state index is 0.251. The Morgan fingerprint density at radius 1 is 1.12 bits per heavy atom. The number of hydrogen-bond acceptors (Lipinski definition) is 4. The second kappa shape index (κ2) is 8.90. The van der Waals surface area contributed by atoms with Gasteiger partial charge in [-0.2, -0.15) is 10.5 Å². The van der Waals surface area contributed by atoms with Crippen LogP contribution in [0.4, 0.5) is 10.2 Å². The van der Waals surface area contributed by atoms with Crippen LogP contribution < -0.4 is 15.5 Å². The third-order valence-corrected chi connectivity index (χ3v) is 6.25. The summed E-state index contributed by atoms with van der Waals surface area (Å²) < 4.78 is 19.7. The number of anilines is 1. The first-order valence-corrected chi connectivity index (χ1v) is 10.9. The Balaban J connectivity index is 1.69. The van der Waals surface area contributed by atoms with Crippen molar-refractivity contribution < 1.29 is 14.1 Å². The molecule has 0 amide bonds. The topological polar surface area (TPSA) is 97.0 Å². The molecule has 33 heavy (non-hydrogen) atoms. The number of nitrogens with one attached hydrogen (secondary N) is 1. The van der Waals surface area contributed by atoms with Crippen LogP contribution in [-0.2, 0) is 6.61 Å². The number of nitriles is 2. The van der Waals surface area contributed by atoms with Crippen molar-refractivity contribution in [2.24, 2.45) is 0 Å². The molecule has 1 aliphatic carbocycles. The number of halogens is 2. The van der Waals surface area contributed by atoms with Crippen molar-refractivity contribution in [3.8, 4) is 17.9 Å². The molecule has 2 aromatic carbocycles. The van der Waals surface area contributed by atoms with Gasteiger partial charge in [-0.15, -0.1) is 0 Å². The van der Waals surface area contributed by atoms with Gasteiger partial charge in [-0.1, -0.05) is 18.2 Å². The van der Waals surface area contributed by atoms with E-state index in [-0.39, 0.29) is 11.6 Å². The van der Waals surface area contributed by atoms with Crippen LogP contribution in [-0.4, -0.2) is 0 Å². The molecule has 3 N–H and O–H groups in total. The quantitative estimate of drug-likeness (QED) is 0.503. The predicted octanol–water partition coefficient (Wildman–Crippen LogP) is 5.59. The Morgan fingerprint density at radius 3 is 2.48 bits per heavy atom. The van der Waals surface area contributed by atoms with Crippen molar-refractivity contribution in [2.45, 2.75) is 20.5 Å². The number of ether oxygens (including phenoxy) is 1. The van der Waals surface area contributed by atoms with Gasteiger partial charge in [-0.05, 0) is 88.0 Å². The first-order chi connectivity index (χ1) is 15.8. The Morgan fingerprint density at radius 2 is 1.85 bits per heavy atom. The molecule has 0 saturated heterocycles. The van der Waals surface area contributed by atoms with Gasteiger partial charge in [0.25, 0.3) is 5.82 Å². The zero-order valence-electron chi connectivity index (χ0n) is 18.0. The summed E-state index contributed by atoms with van der Waals surface area (Å²) in [4.78, 5) is 3.03. The molecule has 7 heteroatoms. The van der Waals surface area contributed by atoms with Gasteiger partial charge in [0, 0.05) is 5.56 Å². The summed E-state index contributed by atoms with van der Waals surface area (Å²) >= 11 is 3.56. The molecule has 1 aliphatic rings. The molecule has 0 bridgehead atoms. The number of aromatic amines is 1. The van der Waals surface area contributed by atoms with E-state index in [9.17, 15) is 14.9 Å². The summed E-state index contributed by atoms with van der Waals surface area (Å²) in [7, 11) is 0. The summed E-state index contributed by atoms with van der Waals surface area (Å²) in [5.41, 5.74) is 12.5. The van der Waals surface area contributed by atoms with Gasteiger partial charge in [0.1, 0.15) is 41.4 Å². The zero-order valence-corrected chi connectivity index (χ0v) is 19.5. The van der Waals surface area contributed by atoms with E-state index in [2.05, 4.69) is 33.1 Å². The number of allylic oxidation sites excluding steroid dienone is 3. The van der Waals surface area contributed by atoms with E-state index >= 15 is 0 Å². The number of aromatic nitrogens is 1. The summed E-state index contributed by atoms with van der Waals surface area (Å²) in [5, 5.41) is 19.2. The number of H-pyrrole nitrogens is 1. The van der Waals surface area contributed by atoms with Crippen LogP contribution in [0, 0.1) is 35.4 Å². The SMILES string of the molecule is CC1=C(C#N)c2[nH+]c(N)c(C#N)c(C)c2C1=Cc1ccc(OCc2ccc(F)cc2)c(Br)c1. The van der Waals surface area contributed by atoms with Crippen molar-refractivity contribution in [3.63, 3.8) is 0 Å². The summed E-state index contributed by atoms with van der Waals surface area (Å²) in [6.45, 7) is 4.04. The van der Waals surface area contributed by atoms with Crippen LogP contribution in [0.15, 0.2) is 52.5 Å². The van der Waals surface area contributed by atoms with Crippen LogP contribution in [0.25, 0.3) is 17.2 Å². The molecular formula is C26H19BrFN4O+.